The van der Waals surface area contributed by atoms with Crippen molar-refractivity contribution >= 4 is 51.8 Å². The van der Waals surface area contributed by atoms with E-state index in [4.69, 9.17) is 20.8 Å². The first-order valence-electron chi connectivity index (χ1n) is 9.70. The van der Waals surface area contributed by atoms with Gasteiger partial charge in [-0.3, -0.25) is 9.78 Å². The van der Waals surface area contributed by atoms with Crippen LogP contribution in [-0.4, -0.2) is 23.9 Å². The lowest BCUT2D eigenvalue weighted by atomic mass is 10.0. The Kier molecular flexibility index (Phi) is 11.5. The largest absolute Gasteiger partial charge is 0.490 e. The van der Waals surface area contributed by atoms with Crippen molar-refractivity contribution in [1.29, 1.82) is 0 Å². The van der Waals surface area contributed by atoms with Crippen LogP contribution in [0.4, 0.5) is 5.69 Å². The molecule has 0 unspecified atom stereocenters. The fourth-order valence-corrected chi connectivity index (χ4v) is 3.02. The van der Waals surface area contributed by atoms with Gasteiger partial charge < -0.3 is 14.5 Å². The number of aryl methyl sites for hydroxylation is 1. The second-order valence-electron chi connectivity index (χ2n) is 5.96. The van der Waals surface area contributed by atoms with Crippen molar-refractivity contribution in [2.45, 2.75) is 27.2 Å². The number of hydrogen-bond donors (Lipinski definition) is 1. The topological polar surface area (TPSA) is 64.4 Å². The maximum Gasteiger partial charge on any atom is 0.256 e. The summed E-state index contributed by atoms with van der Waals surface area (Å²) in [5, 5.41) is 3.95. The molecule has 7 heteroatoms. The van der Waals surface area contributed by atoms with Crippen LogP contribution in [0, 0.1) is 6.92 Å². The summed E-state index contributed by atoms with van der Waals surface area (Å²) in [5.74, 6) is 1.06. The number of ether oxygens (including phenoxy) is 1. The van der Waals surface area contributed by atoms with Crippen LogP contribution in [0.1, 0.15) is 41.9 Å². The first-order chi connectivity index (χ1) is 15.1. The summed E-state index contributed by atoms with van der Waals surface area (Å²) < 4.78 is 11.7. The van der Waals surface area contributed by atoms with Crippen LogP contribution in [0.5, 0.6) is 5.75 Å². The number of nitrogens with zero attached hydrogens (tertiary/aromatic N) is 1. The quantitative estimate of drug-likeness (QED) is 0.303. The highest BCUT2D eigenvalue weighted by Crippen LogP contribution is 2.36. The van der Waals surface area contributed by atoms with E-state index >= 15 is 0 Å². The lowest BCUT2D eigenvalue weighted by molar-refractivity contribution is 0.102. The summed E-state index contributed by atoms with van der Waals surface area (Å²) in [6, 6.07) is 5.16. The molecule has 3 rings (SSSR count). The molecule has 0 spiro atoms. The SMILES string of the molecule is C=C.CC/C=C\c1oc2c(OCC)ccc(C(=O)Nc3ccncc3Cl)c2c1C.CCl. The molecule has 166 valence electrons. The predicted molar refractivity (Wildman–Crippen MR) is 132 cm³/mol. The van der Waals surface area contributed by atoms with Crippen LogP contribution >= 0.6 is 23.2 Å². The van der Waals surface area contributed by atoms with E-state index in [9.17, 15) is 4.79 Å². The molecule has 0 saturated carbocycles. The second kappa shape index (κ2) is 13.5. The summed E-state index contributed by atoms with van der Waals surface area (Å²) in [4.78, 5) is 16.9. The van der Waals surface area contributed by atoms with Gasteiger partial charge in [0.05, 0.1) is 22.9 Å². The van der Waals surface area contributed by atoms with E-state index in [-0.39, 0.29) is 5.91 Å². The van der Waals surface area contributed by atoms with E-state index in [0.29, 0.717) is 34.2 Å². The second-order valence-corrected chi connectivity index (χ2v) is 6.37. The third-order valence-corrected chi connectivity index (χ3v) is 4.45. The van der Waals surface area contributed by atoms with Gasteiger partial charge >= 0.3 is 0 Å². The average molecular weight is 463 g/mol. The van der Waals surface area contributed by atoms with Gasteiger partial charge in [-0.15, -0.1) is 24.8 Å². The van der Waals surface area contributed by atoms with Gasteiger partial charge in [-0.2, -0.15) is 0 Å². The average Bonchev–Trinajstić information content (AvgIpc) is 3.13. The van der Waals surface area contributed by atoms with Gasteiger partial charge in [-0.1, -0.05) is 24.6 Å². The Labute approximate surface area is 193 Å². The standard InChI is InChI=1S/C21H21ClN2O3.C2H4.CH3Cl/c1-4-6-7-17-13(3)19-14(8-9-18(26-5-2)20(19)27-17)21(25)24-16-10-11-23-12-15(16)22;2*1-2/h6-12H,4-5H2,1-3H3,(H,23,24,25);1-2H2;1H3/b7-6-;;. The zero-order valence-corrected chi connectivity index (χ0v) is 19.8. The maximum atomic E-state index is 12.9. The van der Waals surface area contributed by atoms with E-state index in [2.05, 4.69) is 42.0 Å². The highest BCUT2D eigenvalue weighted by atomic mass is 35.5. The number of carbonyl (C=O) groups excluding carboxylic acids is 1. The first-order valence-corrected chi connectivity index (χ1v) is 10.8. The van der Waals surface area contributed by atoms with Crippen molar-refractivity contribution in [3.05, 3.63) is 71.7 Å². The first kappa shape index (κ1) is 26.3. The maximum absolute atomic E-state index is 12.9. The van der Waals surface area contributed by atoms with Crippen molar-refractivity contribution < 1.29 is 13.9 Å². The molecule has 0 saturated heterocycles. The molecule has 0 bridgehead atoms. The molecule has 0 aliphatic carbocycles. The van der Waals surface area contributed by atoms with Crippen molar-refractivity contribution in [3.8, 4) is 5.75 Å². The van der Waals surface area contributed by atoms with E-state index in [0.717, 1.165) is 23.1 Å². The van der Waals surface area contributed by atoms with Crippen LogP contribution in [0.2, 0.25) is 5.02 Å². The molecule has 0 aliphatic rings. The zero-order chi connectivity index (χ0) is 23.4. The lowest BCUT2D eigenvalue weighted by Crippen LogP contribution is -2.13. The van der Waals surface area contributed by atoms with Crippen molar-refractivity contribution in [1.82, 2.24) is 4.98 Å². The van der Waals surface area contributed by atoms with Crippen LogP contribution in [-0.2, 0) is 0 Å². The van der Waals surface area contributed by atoms with Crippen molar-refractivity contribution in [2.24, 2.45) is 0 Å². The minimum atomic E-state index is -0.272. The molecule has 1 N–H and O–H groups in total. The van der Waals surface area contributed by atoms with Gasteiger partial charge in [-0.05, 0) is 44.5 Å². The monoisotopic (exact) mass is 462 g/mol. The van der Waals surface area contributed by atoms with E-state index in [1.54, 1.807) is 24.4 Å². The fraction of sp³-hybridized carbons (Fsp3) is 0.250. The predicted octanol–water partition coefficient (Wildman–Crippen LogP) is 7.52. The number of allylic oxidation sites excluding steroid dienone is 1. The third kappa shape index (κ3) is 6.36. The number of amides is 1. The Morgan fingerprint density at radius 1 is 1.26 bits per heavy atom. The minimum absolute atomic E-state index is 0.272. The molecule has 0 fully saturated rings. The molecular weight excluding hydrogens is 435 g/mol. The Morgan fingerprint density at radius 2 is 1.97 bits per heavy atom. The molecule has 1 aromatic carbocycles. The summed E-state index contributed by atoms with van der Waals surface area (Å²) in [6.07, 6.45) is 9.37. The number of rotatable bonds is 6. The van der Waals surface area contributed by atoms with Crippen LogP contribution in [0.25, 0.3) is 17.0 Å². The van der Waals surface area contributed by atoms with E-state index in [1.807, 2.05) is 26.0 Å². The third-order valence-electron chi connectivity index (χ3n) is 4.15. The number of nitrogens with one attached hydrogen (secondary N) is 1. The van der Waals surface area contributed by atoms with Crippen LogP contribution < -0.4 is 10.1 Å². The molecular formula is C24H28Cl2N2O3. The van der Waals surface area contributed by atoms with Gasteiger partial charge in [0, 0.05) is 29.7 Å². The number of alkyl halides is 1. The molecule has 2 heterocycles. The van der Waals surface area contributed by atoms with Crippen LogP contribution in [0.15, 0.2) is 54.2 Å². The minimum Gasteiger partial charge on any atom is -0.490 e. The number of fused-ring (bicyclic) bond motifs is 1. The highest BCUT2D eigenvalue weighted by molar-refractivity contribution is 6.34. The zero-order valence-electron chi connectivity index (χ0n) is 18.3. The van der Waals surface area contributed by atoms with Crippen molar-refractivity contribution in [2.75, 3.05) is 18.3 Å². The number of anilines is 1. The Morgan fingerprint density at radius 3 is 2.58 bits per heavy atom. The number of benzene rings is 1. The number of carbonyl (C=O) groups is 1. The number of hydrogen-bond acceptors (Lipinski definition) is 4. The number of halogens is 2. The molecule has 0 atom stereocenters. The number of aromatic nitrogens is 1. The fourth-order valence-electron chi connectivity index (χ4n) is 2.86. The molecule has 5 nitrogen and oxygen atoms in total. The summed E-state index contributed by atoms with van der Waals surface area (Å²) in [5.41, 5.74) is 2.46. The van der Waals surface area contributed by atoms with Crippen molar-refractivity contribution in [3.63, 3.8) is 0 Å². The van der Waals surface area contributed by atoms with Gasteiger partial charge in [0.2, 0.25) is 0 Å². The van der Waals surface area contributed by atoms with Gasteiger partial charge in [-0.25, -0.2) is 0 Å². The number of furan rings is 1. The van der Waals surface area contributed by atoms with E-state index in [1.165, 1.54) is 12.6 Å². The molecule has 1 amide bonds. The van der Waals surface area contributed by atoms with Gasteiger partial charge in [0.15, 0.2) is 11.3 Å². The smallest absolute Gasteiger partial charge is 0.256 e. The molecule has 31 heavy (non-hydrogen) atoms. The molecule has 2 aromatic heterocycles. The molecule has 0 aliphatic heterocycles. The van der Waals surface area contributed by atoms with Gasteiger partial charge in [0.25, 0.3) is 5.91 Å². The summed E-state index contributed by atoms with van der Waals surface area (Å²) >= 11 is 10.7. The van der Waals surface area contributed by atoms with Crippen LogP contribution in [0.3, 0.4) is 0 Å². The Hall–Kier alpha value is -2.76. The number of pyridine rings is 1. The Bertz CT molecular complexity index is 1030. The summed E-state index contributed by atoms with van der Waals surface area (Å²) in [7, 11) is 0. The highest BCUT2D eigenvalue weighted by Gasteiger charge is 2.21. The molecule has 0 radical (unpaired) electrons. The molecule has 3 aromatic rings. The normalized spacial score (nSPS) is 10.1. The van der Waals surface area contributed by atoms with Gasteiger partial charge in [0.1, 0.15) is 5.76 Å². The lowest BCUT2D eigenvalue weighted by Gasteiger charge is -2.10. The Balaban J connectivity index is 0.00000113. The summed E-state index contributed by atoms with van der Waals surface area (Å²) in [6.45, 7) is 12.4. The van der Waals surface area contributed by atoms with E-state index < -0.39 is 0 Å².